The van der Waals surface area contributed by atoms with Gasteiger partial charge in [0.1, 0.15) is 0 Å². The molecule has 0 amide bonds. The Balaban J connectivity index is 1.95. The van der Waals surface area contributed by atoms with Gasteiger partial charge >= 0.3 is 0 Å². The van der Waals surface area contributed by atoms with Gasteiger partial charge < -0.3 is 10.5 Å². The minimum atomic E-state index is 0.478. The minimum absolute atomic E-state index is 0.478. The normalized spacial score (nSPS) is 23.9. The summed E-state index contributed by atoms with van der Waals surface area (Å²) < 4.78 is 5.37. The highest BCUT2D eigenvalue weighted by atomic mass is 32.1. The van der Waals surface area contributed by atoms with Crippen LogP contribution in [-0.2, 0) is 11.3 Å². The number of hydrogen-bond acceptors (Lipinski definition) is 5. The largest absolute Gasteiger partial charge is 0.379 e. The van der Waals surface area contributed by atoms with Gasteiger partial charge in [-0.05, 0) is 6.92 Å². The van der Waals surface area contributed by atoms with Crippen LogP contribution in [0.2, 0.25) is 0 Å². The Morgan fingerprint density at radius 3 is 3.29 bits per heavy atom. The van der Waals surface area contributed by atoms with Crippen LogP contribution < -0.4 is 5.73 Å². The van der Waals surface area contributed by atoms with Gasteiger partial charge in [0.15, 0.2) is 5.13 Å². The molecule has 2 heterocycles. The summed E-state index contributed by atoms with van der Waals surface area (Å²) in [4.78, 5) is 6.63. The Morgan fingerprint density at radius 1 is 1.79 bits per heavy atom. The van der Waals surface area contributed by atoms with Crippen LogP contribution in [0.5, 0.6) is 0 Å². The summed E-state index contributed by atoms with van der Waals surface area (Å²) in [5.74, 6) is 0. The third-order valence-electron chi connectivity index (χ3n) is 2.44. The van der Waals surface area contributed by atoms with E-state index in [4.69, 9.17) is 10.5 Å². The van der Waals surface area contributed by atoms with Crippen molar-refractivity contribution < 1.29 is 4.74 Å². The van der Waals surface area contributed by atoms with Crippen molar-refractivity contribution in [3.63, 3.8) is 0 Å². The van der Waals surface area contributed by atoms with E-state index in [1.54, 1.807) is 0 Å². The fraction of sp³-hybridized carbons (Fsp3) is 0.667. The second kappa shape index (κ2) is 4.25. The SMILES string of the molecule is CC1COCCN1Cc1csc(N)n1. The second-order valence-electron chi connectivity index (χ2n) is 3.57. The lowest BCUT2D eigenvalue weighted by molar-refractivity contribution is -0.00481. The first-order chi connectivity index (χ1) is 6.75. The molecule has 1 aromatic heterocycles. The van der Waals surface area contributed by atoms with Gasteiger partial charge in [0.25, 0.3) is 0 Å². The van der Waals surface area contributed by atoms with Crippen LogP contribution in [0.3, 0.4) is 0 Å². The first kappa shape index (κ1) is 9.89. The van der Waals surface area contributed by atoms with E-state index in [9.17, 15) is 0 Å². The van der Waals surface area contributed by atoms with E-state index in [1.807, 2.05) is 5.38 Å². The molecule has 0 aromatic carbocycles. The lowest BCUT2D eigenvalue weighted by Gasteiger charge is -2.32. The first-order valence-corrected chi connectivity index (χ1v) is 5.65. The molecular formula is C9H15N3OS. The lowest BCUT2D eigenvalue weighted by Crippen LogP contribution is -2.42. The molecule has 0 saturated carbocycles. The van der Waals surface area contributed by atoms with Crippen molar-refractivity contribution in [2.75, 3.05) is 25.5 Å². The van der Waals surface area contributed by atoms with E-state index < -0.39 is 0 Å². The smallest absolute Gasteiger partial charge is 0.180 e. The molecule has 0 bridgehead atoms. The molecule has 78 valence electrons. The molecule has 0 aliphatic carbocycles. The molecule has 1 aromatic rings. The van der Waals surface area contributed by atoms with Crippen molar-refractivity contribution in [1.82, 2.24) is 9.88 Å². The molecule has 0 spiro atoms. The van der Waals surface area contributed by atoms with Crippen LogP contribution >= 0.6 is 11.3 Å². The highest BCUT2D eigenvalue weighted by molar-refractivity contribution is 7.13. The molecular weight excluding hydrogens is 198 g/mol. The zero-order chi connectivity index (χ0) is 9.97. The zero-order valence-electron chi connectivity index (χ0n) is 8.27. The van der Waals surface area contributed by atoms with Crippen LogP contribution in [0.1, 0.15) is 12.6 Å². The second-order valence-corrected chi connectivity index (χ2v) is 4.46. The van der Waals surface area contributed by atoms with Crippen LogP contribution in [0.25, 0.3) is 0 Å². The Bertz CT molecular complexity index is 302. The number of aromatic nitrogens is 1. The Hall–Kier alpha value is -0.650. The maximum absolute atomic E-state index is 5.58. The Kier molecular flexibility index (Phi) is 3.00. The maximum Gasteiger partial charge on any atom is 0.180 e. The monoisotopic (exact) mass is 213 g/mol. The van der Waals surface area contributed by atoms with Gasteiger partial charge in [0.2, 0.25) is 0 Å². The number of ether oxygens (including phenoxy) is 1. The molecule has 1 saturated heterocycles. The summed E-state index contributed by atoms with van der Waals surface area (Å²) in [5.41, 5.74) is 6.65. The summed E-state index contributed by atoms with van der Waals surface area (Å²) in [6.07, 6.45) is 0. The number of morpholine rings is 1. The van der Waals surface area contributed by atoms with Gasteiger partial charge in [-0.25, -0.2) is 4.98 Å². The molecule has 5 heteroatoms. The summed E-state index contributed by atoms with van der Waals surface area (Å²) in [5, 5.41) is 2.68. The van der Waals surface area contributed by atoms with Crippen molar-refractivity contribution in [2.24, 2.45) is 0 Å². The zero-order valence-corrected chi connectivity index (χ0v) is 9.09. The van der Waals surface area contributed by atoms with Crippen molar-refractivity contribution in [2.45, 2.75) is 19.5 Å². The van der Waals surface area contributed by atoms with Crippen LogP contribution in [0, 0.1) is 0 Å². The number of nitrogens with two attached hydrogens (primary N) is 1. The standard InChI is InChI=1S/C9H15N3OS/c1-7-5-13-3-2-12(7)4-8-6-14-9(10)11-8/h6-7H,2-5H2,1H3,(H2,10,11). The molecule has 1 unspecified atom stereocenters. The number of rotatable bonds is 2. The predicted octanol–water partition coefficient (Wildman–Crippen LogP) is 0.946. The van der Waals surface area contributed by atoms with Crippen LogP contribution in [-0.4, -0.2) is 35.7 Å². The molecule has 1 aliphatic heterocycles. The van der Waals surface area contributed by atoms with Crippen molar-refractivity contribution in [3.8, 4) is 0 Å². The number of hydrogen-bond donors (Lipinski definition) is 1. The lowest BCUT2D eigenvalue weighted by atomic mass is 10.2. The van der Waals surface area contributed by atoms with E-state index in [-0.39, 0.29) is 0 Å². The summed E-state index contributed by atoms with van der Waals surface area (Å²) in [7, 11) is 0. The van der Waals surface area contributed by atoms with E-state index in [0.29, 0.717) is 11.2 Å². The van der Waals surface area contributed by atoms with Gasteiger partial charge in [0, 0.05) is 24.5 Å². The summed E-state index contributed by atoms with van der Waals surface area (Å²) in [6, 6.07) is 0.478. The van der Waals surface area contributed by atoms with Crippen molar-refractivity contribution in [1.29, 1.82) is 0 Å². The topological polar surface area (TPSA) is 51.4 Å². The molecule has 2 N–H and O–H groups in total. The fourth-order valence-electron chi connectivity index (χ4n) is 1.60. The fourth-order valence-corrected chi connectivity index (χ4v) is 2.15. The van der Waals surface area contributed by atoms with E-state index >= 15 is 0 Å². The van der Waals surface area contributed by atoms with Gasteiger partial charge in [-0.3, -0.25) is 4.90 Å². The van der Waals surface area contributed by atoms with E-state index in [0.717, 1.165) is 32.0 Å². The van der Waals surface area contributed by atoms with Crippen LogP contribution in [0.15, 0.2) is 5.38 Å². The molecule has 14 heavy (non-hydrogen) atoms. The van der Waals surface area contributed by atoms with Crippen molar-refractivity contribution >= 4 is 16.5 Å². The van der Waals surface area contributed by atoms with Gasteiger partial charge in [-0.2, -0.15) is 0 Å². The number of nitrogen functional groups attached to an aromatic ring is 1. The number of anilines is 1. The third-order valence-corrected chi connectivity index (χ3v) is 3.16. The number of thiazole rings is 1. The predicted molar refractivity (Wildman–Crippen MR) is 57.2 cm³/mol. The van der Waals surface area contributed by atoms with E-state index in [2.05, 4.69) is 16.8 Å². The Morgan fingerprint density at radius 2 is 2.64 bits per heavy atom. The highest BCUT2D eigenvalue weighted by Crippen LogP contribution is 2.15. The molecule has 0 radical (unpaired) electrons. The van der Waals surface area contributed by atoms with Crippen LogP contribution in [0.4, 0.5) is 5.13 Å². The molecule has 1 atom stereocenters. The average molecular weight is 213 g/mol. The van der Waals surface area contributed by atoms with Gasteiger partial charge in [0.05, 0.1) is 18.9 Å². The molecule has 1 aliphatic rings. The van der Waals surface area contributed by atoms with Gasteiger partial charge in [-0.15, -0.1) is 11.3 Å². The summed E-state index contributed by atoms with van der Waals surface area (Å²) >= 11 is 1.50. The molecule has 1 fully saturated rings. The molecule has 2 rings (SSSR count). The highest BCUT2D eigenvalue weighted by Gasteiger charge is 2.19. The van der Waals surface area contributed by atoms with E-state index in [1.165, 1.54) is 11.3 Å². The first-order valence-electron chi connectivity index (χ1n) is 4.77. The quantitative estimate of drug-likeness (QED) is 0.794. The Labute approximate surface area is 87.7 Å². The third kappa shape index (κ3) is 2.23. The summed E-state index contributed by atoms with van der Waals surface area (Å²) in [6.45, 7) is 5.69. The van der Waals surface area contributed by atoms with Crippen molar-refractivity contribution in [3.05, 3.63) is 11.1 Å². The van der Waals surface area contributed by atoms with Gasteiger partial charge in [-0.1, -0.05) is 0 Å². The minimum Gasteiger partial charge on any atom is -0.379 e. The average Bonchev–Trinajstić information content (AvgIpc) is 2.56. The number of nitrogens with zero attached hydrogens (tertiary/aromatic N) is 2. The maximum atomic E-state index is 5.58. The molecule has 4 nitrogen and oxygen atoms in total.